The van der Waals surface area contributed by atoms with E-state index >= 15 is 0 Å². The van der Waals surface area contributed by atoms with Gasteiger partial charge in [0.05, 0.1) is 11.3 Å². The van der Waals surface area contributed by atoms with Gasteiger partial charge in [0.1, 0.15) is 0 Å². The van der Waals surface area contributed by atoms with E-state index in [2.05, 4.69) is 10.1 Å². The number of aromatic amines is 1. The molecule has 4 radical (unpaired) electrons. The van der Waals surface area contributed by atoms with E-state index in [0.29, 0.717) is 41.6 Å². The van der Waals surface area contributed by atoms with Crippen LogP contribution in [-0.2, 0) is 131 Å². The van der Waals surface area contributed by atoms with Gasteiger partial charge < -0.3 is 26.4 Å². The molecule has 1 saturated carbocycles. The number of nitrogens with zero attached hydrogens (tertiary/aromatic N) is 2. The van der Waals surface area contributed by atoms with Gasteiger partial charge in [0.2, 0.25) is 0 Å². The number of nitrogens with one attached hydrogen (secondary N) is 1. The molecule has 1 aliphatic rings. The van der Waals surface area contributed by atoms with Crippen molar-refractivity contribution in [3.63, 3.8) is 0 Å². The largest absolute Gasteiger partial charge is 0.662 e. The van der Waals surface area contributed by atoms with Gasteiger partial charge in [-0.1, -0.05) is 19.3 Å². The number of hydrazone groups is 1. The van der Waals surface area contributed by atoms with E-state index < -0.39 is 5.76 Å². The van der Waals surface area contributed by atoms with Crippen LogP contribution in [-0.4, -0.2) is 21.9 Å². The molecule has 1 aromatic heterocycles. The molecule has 0 spiro atoms. The van der Waals surface area contributed by atoms with E-state index in [-0.39, 0.29) is 131 Å². The van der Waals surface area contributed by atoms with Gasteiger partial charge in [-0.25, -0.2) is 15.7 Å². The van der Waals surface area contributed by atoms with Crippen LogP contribution in [0.1, 0.15) is 44.9 Å². The molecule has 1 aliphatic carbocycles. The molecule has 5 N–H and O–H groups in total. The smallest absolute Gasteiger partial charge is 0.417 e. The summed E-state index contributed by atoms with van der Waals surface area (Å²) in [5.41, 5.74) is 1.11. The van der Waals surface area contributed by atoms with Gasteiger partial charge in [-0.05, 0) is 25.0 Å². The monoisotopic (exact) mass is 715 g/mol. The predicted molar refractivity (Wildman–Crippen MR) is 99.8 cm³/mol. The van der Waals surface area contributed by atoms with Crippen molar-refractivity contribution < 1.29 is 140 Å². The molecular weight excluding hydrogens is 690 g/mol. The molecule has 1 fully saturated rings. The van der Waals surface area contributed by atoms with Crippen LogP contribution in [0.4, 0.5) is 0 Å². The second-order valence-corrected chi connectivity index (χ2v) is 6.42. The Morgan fingerprint density at radius 3 is 2.57 bits per heavy atom. The summed E-state index contributed by atoms with van der Waals surface area (Å²) in [5, 5.41) is 5.51. The molecule has 3 rings (SSSR count). The molecule has 0 saturated heterocycles. The zero-order valence-corrected chi connectivity index (χ0v) is 28.4. The average Bonchev–Trinajstić information content (AvgIpc) is 3.04. The fraction of sp³-hybridized carbons (Fsp3) is 0.444. The van der Waals surface area contributed by atoms with Gasteiger partial charge in [0.25, 0.3) is 0 Å². The first-order chi connectivity index (χ1) is 12.7. The molecule has 1 aromatic carbocycles. The number of ether oxygens (including phenoxy) is 1. The fourth-order valence-corrected chi connectivity index (χ4v) is 3.21. The molecule has 0 atom stereocenters. The van der Waals surface area contributed by atoms with E-state index in [1.807, 2.05) is 6.42 Å². The Kier molecular flexibility index (Phi) is 20.6. The summed E-state index contributed by atoms with van der Waals surface area (Å²) in [5.74, 6) is 12.4. The van der Waals surface area contributed by atoms with Crippen LogP contribution < -0.4 is 22.2 Å². The standard InChI is InChI=1S/C18H25N5O3.4Y/c19-22-17(23(20)13-6-2-1-3-7-13)8-4-5-11-25-14-9-10-15-16(12-14)26-18(24)21-15;;;;/h8-13H,1-7,19-20H2,(H,21,24);;;;/q-2;;;;/b22-17-;;;;. The van der Waals surface area contributed by atoms with E-state index in [0.717, 1.165) is 12.8 Å². The van der Waals surface area contributed by atoms with Crippen molar-refractivity contribution >= 4 is 16.9 Å². The second-order valence-electron chi connectivity index (χ2n) is 6.42. The van der Waals surface area contributed by atoms with E-state index in [1.54, 1.807) is 29.8 Å². The first-order valence-electron chi connectivity index (χ1n) is 8.93. The number of hydrazine groups is 1. The third kappa shape index (κ3) is 10.4. The van der Waals surface area contributed by atoms with E-state index in [4.69, 9.17) is 20.8 Å². The van der Waals surface area contributed by atoms with Crippen molar-refractivity contribution in [3.8, 4) is 5.75 Å². The number of H-pyrrole nitrogens is 1. The maximum absolute atomic E-state index is 11.2. The van der Waals surface area contributed by atoms with E-state index in [1.165, 1.54) is 19.3 Å². The molecule has 8 nitrogen and oxygen atoms in total. The van der Waals surface area contributed by atoms with Crippen molar-refractivity contribution in [1.29, 1.82) is 0 Å². The van der Waals surface area contributed by atoms with Crippen LogP contribution in [0.15, 0.2) is 32.5 Å². The number of amidine groups is 1. The molecule has 154 valence electrons. The zero-order chi connectivity index (χ0) is 18.4. The topological polar surface area (TPSA) is 123 Å². The van der Waals surface area contributed by atoms with Crippen LogP contribution in [0.25, 0.3) is 11.1 Å². The Labute approximate surface area is 277 Å². The number of oxazole rings is 1. The minimum Gasteiger partial charge on any atom is -0.662 e. The van der Waals surface area contributed by atoms with Crippen molar-refractivity contribution in [2.75, 3.05) is 0 Å². The maximum Gasteiger partial charge on any atom is 0.417 e. The Morgan fingerprint density at radius 2 is 1.90 bits per heavy atom. The first kappa shape index (κ1) is 34.0. The summed E-state index contributed by atoms with van der Waals surface area (Å²) < 4.78 is 10.6. The quantitative estimate of drug-likeness (QED) is 0.101. The first-order valence-corrected chi connectivity index (χ1v) is 8.93. The van der Waals surface area contributed by atoms with Crippen molar-refractivity contribution in [3.05, 3.63) is 41.8 Å². The summed E-state index contributed by atoms with van der Waals surface area (Å²) in [6.45, 7) is 1.69. The molecule has 12 heteroatoms. The average molecular weight is 715 g/mol. The predicted octanol–water partition coefficient (Wildman–Crippen LogP) is 2.42. The number of nitrogens with two attached hydrogens (primary N) is 2. The summed E-state index contributed by atoms with van der Waals surface area (Å²) in [6, 6.07) is 5.49. The van der Waals surface area contributed by atoms with Gasteiger partial charge >= 0.3 is 5.76 Å². The molecule has 1 heterocycles. The number of hydrogen-bond donors (Lipinski definition) is 3. The third-order valence-electron chi connectivity index (χ3n) is 4.59. The Hall–Kier alpha value is 1.81. The summed E-state index contributed by atoms with van der Waals surface area (Å²) in [7, 11) is 0. The minimum atomic E-state index is -0.478. The molecule has 30 heavy (non-hydrogen) atoms. The normalized spacial score (nSPS) is 13.8. The Morgan fingerprint density at radius 1 is 1.20 bits per heavy atom. The number of benzene rings is 1. The van der Waals surface area contributed by atoms with Crippen LogP contribution in [0.2, 0.25) is 0 Å². The number of aromatic nitrogens is 1. The minimum absolute atomic E-state index is 0. The SMILES string of the molecule is N/N=C(/[CH-]CC[CH-]Oc1ccc2[nH]c(=O)oc2c1)N(N)C1CCCCC1.[Y].[Y].[Y].[Y]. The van der Waals surface area contributed by atoms with Crippen molar-refractivity contribution in [1.82, 2.24) is 9.99 Å². The summed E-state index contributed by atoms with van der Waals surface area (Å²) >= 11 is 0. The number of fused-ring (bicyclic) bond motifs is 1. The molecule has 0 unspecified atom stereocenters. The van der Waals surface area contributed by atoms with Crippen molar-refractivity contribution in [2.45, 2.75) is 51.0 Å². The molecule has 0 aliphatic heterocycles. The molecule has 2 aromatic rings. The number of rotatable bonds is 7. The third-order valence-corrected chi connectivity index (χ3v) is 4.59. The van der Waals surface area contributed by atoms with Gasteiger partial charge in [-0.15, -0.1) is 0 Å². The van der Waals surface area contributed by atoms with Gasteiger partial charge in [0.15, 0.2) is 5.58 Å². The Bertz CT molecular complexity index is 808. The van der Waals surface area contributed by atoms with Crippen LogP contribution in [0, 0.1) is 13.0 Å². The number of hydrogen-bond acceptors (Lipinski definition) is 6. The van der Waals surface area contributed by atoms with Gasteiger partial charge in [-0.3, -0.25) is 4.98 Å². The second kappa shape index (κ2) is 18.2. The number of unbranched alkanes of at least 4 members (excludes halogenated alkanes) is 1. The van der Waals surface area contributed by atoms with Crippen LogP contribution in [0.3, 0.4) is 0 Å². The summed E-state index contributed by atoms with van der Waals surface area (Å²) in [6.07, 6.45) is 9.13. The van der Waals surface area contributed by atoms with E-state index in [9.17, 15) is 4.79 Å². The van der Waals surface area contributed by atoms with Crippen LogP contribution in [0.5, 0.6) is 5.75 Å². The molecule has 0 amide bonds. The summed E-state index contributed by atoms with van der Waals surface area (Å²) in [4.78, 5) is 13.7. The van der Waals surface area contributed by atoms with Crippen molar-refractivity contribution in [2.24, 2.45) is 16.8 Å². The van der Waals surface area contributed by atoms with Crippen LogP contribution >= 0.6 is 0 Å². The fourth-order valence-electron chi connectivity index (χ4n) is 3.21. The van der Waals surface area contributed by atoms with Gasteiger partial charge in [-0.2, -0.15) is 19.4 Å². The maximum atomic E-state index is 11.2. The van der Waals surface area contributed by atoms with Gasteiger partial charge in [0, 0.05) is 149 Å². The Balaban J connectivity index is 0. The molecule has 0 bridgehead atoms. The zero-order valence-electron chi connectivity index (χ0n) is 17.0. The molecular formula is C18H25N5O3Y4-2.